The van der Waals surface area contributed by atoms with Crippen LogP contribution in [-0.4, -0.2) is 20.5 Å². The molecule has 0 N–H and O–H groups in total. The summed E-state index contributed by atoms with van der Waals surface area (Å²) in [4.78, 5) is 24.5. The number of aromatic nitrogens is 2. The van der Waals surface area contributed by atoms with Gasteiger partial charge in [-0.2, -0.15) is 5.10 Å². The van der Waals surface area contributed by atoms with Gasteiger partial charge in [0.1, 0.15) is 23.9 Å². The number of hydrogen-bond acceptors (Lipinski definition) is 6. The lowest BCUT2D eigenvalue weighted by molar-refractivity contribution is -0.385. The molecular weight excluding hydrogens is 342 g/mol. The maximum absolute atomic E-state index is 12.2. The molecule has 0 aliphatic rings. The predicted octanol–water partition coefficient (Wildman–Crippen LogP) is 4.01. The van der Waals surface area contributed by atoms with Crippen molar-refractivity contribution in [2.24, 2.45) is 0 Å². The van der Waals surface area contributed by atoms with Gasteiger partial charge in [-0.3, -0.25) is 19.6 Å². The third-order valence-corrected chi connectivity index (χ3v) is 4.50. The minimum Gasteiger partial charge on any atom is -0.460 e. The summed E-state index contributed by atoms with van der Waals surface area (Å²) in [5, 5.41) is 14.6. The van der Waals surface area contributed by atoms with Crippen molar-refractivity contribution in [2.45, 2.75) is 20.4 Å². The van der Waals surface area contributed by atoms with E-state index in [-0.39, 0.29) is 18.0 Å². The van der Waals surface area contributed by atoms with E-state index in [9.17, 15) is 14.9 Å². The smallest absolute Gasteiger partial charge is 0.307 e. The Hall–Kier alpha value is -3.00. The molecule has 0 saturated heterocycles. The molecule has 0 saturated carbocycles. The Morgan fingerprint density at radius 2 is 2.24 bits per heavy atom. The second-order valence-electron chi connectivity index (χ2n) is 5.48. The lowest BCUT2D eigenvalue weighted by atomic mass is 10.1. The van der Waals surface area contributed by atoms with Gasteiger partial charge in [0.25, 0.3) is 0 Å². The molecule has 0 bridgehead atoms. The fraction of sp³-hybridized carbons (Fsp3) is 0.176. The van der Waals surface area contributed by atoms with Crippen LogP contribution < -0.4 is 0 Å². The van der Waals surface area contributed by atoms with Crippen LogP contribution in [0.4, 0.5) is 5.69 Å². The zero-order valence-corrected chi connectivity index (χ0v) is 14.4. The van der Waals surface area contributed by atoms with Crippen LogP contribution in [0.3, 0.4) is 0 Å². The molecular formula is C17H15N3O4S. The van der Waals surface area contributed by atoms with Crippen molar-refractivity contribution in [3.05, 3.63) is 73.6 Å². The van der Waals surface area contributed by atoms with E-state index in [1.165, 1.54) is 23.2 Å². The zero-order chi connectivity index (χ0) is 18.0. The summed E-state index contributed by atoms with van der Waals surface area (Å²) in [5.41, 5.74) is 0.632. The molecule has 3 heterocycles. The maximum atomic E-state index is 12.2. The minimum atomic E-state index is -0.500. The van der Waals surface area contributed by atoms with Gasteiger partial charge in [-0.05, 0) is 44.2 Å². The molecule has 0 spiro atoms. The predicted molar refractivity (Wildman–Crippen MR) is 93.8 cm³/mol. The molecule has 7 nitrogen and oxygen atoms in total. The fourth-order valence-electron chi connectivity index (χ4n) is 2.39. The molecule has 3 rings (SSSR count). The summed E-state index contributed by atoms with van der Waals surface area (Å²) in [7, 11) is 0. The van der Waals surface area contributed by atoms with Crippen LogP contribution in [0, 0.1) is 24.0 Å². The Kier molecular flexibility index (Phi) is 4.62. The Bertz CT molecular complexity index is 964. The monoisotopic (exact) mass is 357 g/mol. The van der Waals surface area contributed by atoms with Crippen molar-refractivity contribution in [3.63, 3.8) is 0 Å². The van der Waals surface area contributed by atoms with Gasteiger partial charge in [-0.1, -0.05) is 0 Å². The quantitative estimate of drug-likeness (QED) is 0.288. The van der Waals surface area contributed by atoms with Gasteiger partial charge in [0.15, 0.2) is 5.78 Å². The van der Waals surface area contributed by atoms with E-state index in [1.807, 2.05) is 19.9 Å². The molecule has 8 heteroatoms. The largest absolute Gasteiger partial charge is 0.460 e. The lowest BCUT2D eigenvalue weighted by Crippen LogP contribution is -1.98. The van der Waals surface area contributed by atoms with Gasteiger partial charge in [0.2, 0.25) is 0 Å². The number of hydrogen-bond donors (Lipinski definition) is 0. The van der Waals surface area contributed by atoms with Gasteiger partial charge >= 0.3 is 5.69 Å². The summed E-state index contributed by atoms with van der Waals surface area (Å²) < 4.78 is 7.04. The van der Waals surface area contributed by atoms with E-state index >= 15 is 0 Å². The van der Waals surface area contributed by atoms with Crippen molar-refractivity contribution in [1.82, 2.24) is 9.78 Å². The topological polar surface area (TPSA) is 91.2 Å². The molecule has 0 fully saturated rings. The summed E-state index contributed by atoms with van der Waals surface area (Å²) in [6.07, 6.45) is 5.62. The third-order valence-electron chi connectivity index (χ3n) is 3.54. The van der Waals surface area contributed by atoms with E-state index in [0.29, 0.717) is 17.1 Å². The van der Waals surface area contributed by atoms with E-state index < -0.39 is 4.92 Å². The molecule has 3 aromatic rings. The third kappa shape index (κ3) is 3.92. The Balaban J connectivity index is 1.67. The number of nitro groups is 1. The van der Waals surface area contributed by atoms with Gasteiger partial charge < -0.3 is 4.42 Å². The number of carbonyl (C=O) groups is 1. The van der Waals surface area contributed by atoms with Crippen molar-refractivity contribution < 1.29 is 14.1 Å². The van der Waals surface area contributed by atoms with E-state index in [0.717, 1.165) is 9.75 Å². The molecule has 0 amide bonds. The number of carbonyl (C=O) groups excluding carboxylic acids is 1. The van der Waals surface area contributed by atoms with Crippen LogP contribution in [0.15, 0.2) is 41.1 Å². The SMILES string of the molecule is Cc1cc(C(=O)/C=C/c2ccc(Cn3cc([N+](=O)[O-])cn3)o2)c(C)s1. The molecule has 128 valence electrons. The average molecular weight is 357 g/mol. The van der Waals surface area contributed by atoms with E-state index in [1.54, 1.807) is 29.5 Å². The summed E-state index contributed by atoms with van der Waals surface area (Å²) in [6, 6.07) is 5.37. The Morgan fingerprint density at radius 3 is 2.88 bits per heavy atom. The molecule has 0 atom stereocenters. The summed E-state index contributed by atoms with van der Waals surface area (Å²) in [5.74, 6) is 1.06. The number of allylic oxidation sites excluding steroid dienone is 1. The van der Waals surface area contributed by atoms with Crippen molar-refractivity contribution in [2.75, 3.05) is 0 Å². The van der Waals surface area contributed by atoms with E-state index in [4.69, 9.17) is 4.42 Å². The van der Waals surface area contributed by atoms with Crippen LogP contribution in [0.1, 0.15) is 31.6 Å². The van der Waals surface area contributed by atoms with Crippen molar-refractivity contribution in [3.8, 4) is 0 Å². The number of nitrogens with zero attached hydrogens (tertiary/aromatic N) is 3. The molecule has 0 aliphatic carbocycles. The maximum Gasteiger partial charge on any atom is 0.307 e. The van der Waals surface area contributed by atoms with E-state index in [2.05, 4.69) is 5.10 Å². The Morgan fingerprint density at radius 1 is 1.44 bits per heavy atom. The minimum absolute atomic E-state index is 0.0671. The Labute approximate surface area is 147 Å². The standard InChI is InChI=1S/C17H15N3O4S/c1-11-7-16(12(2)25-11)17(21)6-5-14-3-4-15(24-14)10-19-9-13(8-18-19)20(22)23/h3-9H,10H2,1-2H3/b6-5+. The molecule has 0 unspecified atom stereocenters. The van der Waals surface area contributed by atoms with Gasteiger partial charge in [-0.15, -0.1) is 11.3 Å². The first-order chi connectivity index (χ1) is 11.9. The lowest BCUT2D eigenvalue weighted by Gasteiger charge is -1.96. The van der Waals surface area contributed by atoms with Gasteiger partial charge in [0.05, 0.1) is 11.5 Å². The molecule has 0 aliphatic heterocycles. The first kappa shape index (κ1) is 16.8. The first-order valence-electron chi connectivity index (χ1n) is 7.47. The molecule has 25 heavy (non-hydrogen) atoms. The summed E-state index contributed by atoms with van der Waals surface area (Å²) >= 11 is 1.59. The number of thiophene rings is 1. The highest BCUT2D eigenvalue weighted by atomic mass is 32.1. The van der Waals surface area contributed by atoms with Crippen LogP contribution in [0.25, 0.3) is 6.08 Å². The average Bonchev–Trinajstić information content (AvgIpc) is 3.26. The highest BCUT2D eigenvalue weighted by Crippen LogP contribution is 2.22. The number of furan rings is 1. The van der Waals surface area contributed by atoms with Crippen LogP contribution in [0.2, 0.25) is 0 Å². The number of aryl methyl sites for hydroxylation is 2. The second kappa shape index (κ2) is 6.86. The number of ketones is 1. The molecule has 0 radical (unpaired) electrons. The van der Waals surface area contributed by atoms with Gasteiger partial charge in [-0.25, -0.2) is 0 Å². The highest BCUT2D eigenvalue weighted by molar-refractivity contribution is 7.12. The first-order valence-corrected chi connectivity index (χ1v) is 8.29. The normalized spacial score (nSPS) is 11.3. The van der Waals surface area contributed by atoms with Crippen LogP contribution in [-0.2, 0) is 6.54 Å². The second-order valence-corrected chi connectivity index (χ2v) is 6.94. The fourth-order valence-corrected chi connectivity index (χ4v) is 3.31. The summed E-state index contributed by atoms with van der Waals surface area (Å²) in [6.45, 7) is 4.17. The van der Waals surface area contributed by atoms with Gasteiger partial charge in [0, 0.05) is 15.3 Å². The van der Waals surface area contributed by atoms with Crippen molar-refractivity contribution in [1.29, 1.82) is 0 Å². The molecule has 0 aromatic carbocycles. The zero-order valence-electron chi connectivity index (χ0n) is 13.6. The van der Waals surface area contributed by atoms with Crippen LogP contribution in [0.5, 0.6) is 0 Å². The highest BCUT2D eigenvalue weighted by Gasteiger charge is 2.11. The number of rotatable bonds is 6. The molecule has 3 aromatic heterocycles. The van der Waals surface area contributed by atoms with Crippen LogP contribution >= 0.6 is 11.3 Å². The van der Waals surface area contributed by atoms with Crippen molar-refractivity contribution >= 4 is 28.9 Å².